The Labute approximate surface area is 84.1 Å². The van der Waals surface area contributed by atoms with Crippen molar-refractivity contribution in [3.63, 3.8) is 0 Å². The van der Waals surface area contributed by atoms with Crippen LogP contribution in [-0.2, 0) is 19.4 Å². The SMILES string of the molecule is C=C(C)Cn1cc2c(n1)CCC(O)C2. The molecule has 1 unspecified atom stereocenters. The van der Waals surface area contributed by atoms with Crippen LogP contribution in [0.1, 0.15) is 24.6 Å². The molecule has 0 aromatic carbocycles. The molecule has 0 radical (unpaired) electrons. The van der Waals surface area contributed by atoms with Gasteiger partial charge in [-0.05, 0) is 25.3 Å². The molecule has 0 bridgehead atoms. The van der Waals surface area contributed by atoms with Crippen LogP contribution in [0, 0.1) is 0 Å². The van der Waals surface area contributed by atoms with Crippen LogP contribution in [0.2, 0.25) is 0 Å². The maximum Gasteiger partial charge on any atom is 0.0658 e. The van der Waals surface area contributed by atoms with Gasteiger partial charge in [0.1, 0.15) is 0 Å². The summed E-state index contributed by atoms with van der Waals surface area (Å²) in [6.45, 7) is 6.64. The predicted octanol–water partition coefficient (Wildman–Crippen LogP) is 1.31. The fourth-order valence-electron chi connectivity index (χ4n) is 1.90. The largest absolute Gasteiger partial charge is 0.393 e. The highest BCUT2D eigenvalue weighted by Gasteiger charge is 2.19. The molecule has 14 heavy (non-hydrogen) atoms. The Bertz CT molecular complexity index is 354. The third-order valence-electron chi connectivity index (χ3n) is 2.53. The maximum atomic E-state index is 9.49. The van der Waals surface area contributed by atoms with E-state index in [1.54, 1.807) is 0 Å². The van der Waals surface area contributed by atoms with Gasteiger partial charge in [0.25, 0.3) is 0 Å². The summed E-state index contributed by atoms with van der Waals surface area (Å²) in [5, 5.41) is 14.0. The Morgan fingerprint density at radius 1 is 1.79 bits per heavy atom. The molecule has 1 aromatic rings. The minimum absolute atomic E-state index is 0.176. The van der Waals surface area contributed by atoms with Crippen LogP contribution in [0.5, 0.6) is 0 Å². The molecule has 0 aliphatic heterocycles. The lowest BCUT2D eigenvalue weighted by molar-refractivity contribution is 0.158. The molecular weight excluding hydrogens is 176 g/mol. The van der Waals surface area contributed by atoms with Gasteiger partial charge in [0.15, 0.2) is 0 Å². The molecule has 0 saturated heterocycles. The average Bonchev–Trinajstić information content (AvgIpc) is 2.44. The van der Waals surface area contributed by atoms with Crippen molar-refractivity contribution in [2.24, 2.45) is 0 Å². The number of aromatic nitrogens is 2. The van der Waals surface area contributed by atoms with Crippen molar-refractivity contribution in [1.82, 2.24) is 9.78 Å². The zero-order valence-corrected chi connectivity index (χ0v) is 8.53. The van der Waals surface area contributed by atoms with Crippen LogP contribution in [0.3, 0.4) is 0 Å². The Balaban J connectivity index is 2.19. The van der Waals surface area contributed by atoms with Crippen molar-refractivity contribution in [2.75, 3.05) is 0 Å². The molecule has 0 spiro atoms. The minimum Gasteiger partial charge on any atom is -0.393 e. The van der Waals surface area contributed by atoms with E-state index in [0.29, 0.717) is 0 Å². The van der Waals surface area contributed by atoms with Crippen molar-refractivity contribution >= 4 is 0 Å². The van der Waals surface area contributed by atoms with Crippen LogP contribution in [0.25, 0.3) is 0 Å². The van der Waals surface area contributed by atoms with Crippen molar-refractivity contribution in [2.45, 2.75) is 38.8 Å². The molecule has 0 amide bonds. The van der Waals surface area contributed by atoms with Gasteiger partial charge >= 0.3 is 0 Å². The van der Waals surface area contributed by atoms with E-state index in [4.69, 9.17) is 0 Å². The number of aliphatic hydroxyl groups excluding tert-OH is 1. The van der Waals surface area contributed by atoms with Gasteiger partial charge in [0, 0.05) is 12.6 Å². The van der Waals surface area contributed by atoms with Gasteiger partial charge in [-0.1, -0.05) is 12.2 Å². The monoisotopic (exact) mass is 192 g/mol. The van der Waals surface area contributed by atoms with Gasteiger partial charge in [0.2, 0.25) is 0 Å². The number of hydrogen-bond donors (Lipinski definition) is 1. The fourth-order valence-corrected chi connectivity index (χ4v) is 1.90. The van der Waals surface area contributed by atoms with E-state index in [9.17, 15) is 5.11 Å². The Morgan fingerprint density at radius 3 is 3.29 bits per heavy atom. The standard InChI is InChI=1S/C11H16N2O/c1-8(2)6-13-7-9-5-10(14)3-4-11(9)12-13/h7,10,14H,1,3-6H2,2H3. The van der Waals surface area contributed by atoms with Crippen LogP contribution < -0.4 is 0 Å². The van der Waals surface area contributed by atoms with Crippen LogP contribution >= 0.6 is 0 Å². The first-order valence-electron chi connectivity index (χ1n) is 5.03. The maximum absolute atomic E-state index is 9.49. The topological polar surface area (TPSA) is 38.0 Å². The number of allylic oxidation sites excluding steroid dienone is 1. The van der Waals surface area contributed by atoms with Crippen molar-refractivity contribution in [3.8, 4) is 0 Å². The number of rotatable bonds is 2. The predicted molar refractivity (Wildman–Crippen MR) is 55.1 cm³/mol. The quantitative estimate of drug-likeness (QED) is 0.717. The number of hydrogen-bond acceptors (Lipinski definition) is 2. The van der Waals surface area contributed by atoms with Crippen molar-refractivity contribution < 1.29 is 5.11 Å². The summed E-state index contributed by atoms with van der Waals surface area (Å²) in [6.07, 6.45) is 4.36. The lowest BCUT2D eigenvalue weighted by Crippen LogP contribution is -2.17. The van der Waals surface area contributed by atoms with Crippen molar-refractivity contribution in [3.05, 3.63) is 29.6 Å². The second-order valence-electron chi connectivity index (χ2n) is 4.15. The first-order chi connectivity index (χ1) is 6.65. The van der Waals surface area contributed by atoms with E-state index in [1.807, 2.05) is 17.8 Å². The molecule has 1 aromatic heterocycles. The average molecular weight is 192 g/mol. The summed E-state index contributed by atoms with van der Waals surface area (Å²) in [5.41, 5.74) is 3.45. The second-order valence-corrected chi connectivity index (χ2v) is 4.15. The first-order valence-corrected chi connectivity index (χ1v) is 5.03. The summed E-state index contributed by atoms with van der Waals surface area (Å²) < 4.78 is 1.92. The number of aliphatic hydroxyl groups is 1. The molecule has 3 nitrogen and oxygen atoms in total. The molecule has 1 heterocycles. The molecule has 1 aliphatic carbocycles. The van der Waals surface area contributed by atoms with Gasteiger partial charge in [-0.2, -0.15) is 5.10 Å². The highest BCUT2D eigenvalue weighted by atomic mass is 16.3. The highest BCUT2D eigenvalue weighted by molar-refractivity contribution is 5.21. The van der Waals surface area contributed by atoms with Gasteiger partial charge in [-0.3, -0.25) is 4.68 Å². The highest BCUT2D eigenvalue weighted by Crippen LogP contribution is 2.20. The number of fused-ring (bicyclic) bond motifs is 1. The van der Waals surface area contributed by atoms with Crippen LogP contribution in [-0.4, -0.2) is 21.0 Å². The van der Waals surface area contributed by atoms with Gasteiger partial charge in [-0.15, -0.1) is 0 Å². The Kier molecular flexibility index (Phi) is 2.42. The molecule has 1 N–H and O–H groups in total. The third kappa shape index (κ3) is 1.87. The zero-order chi connectivity index (χ0) is 10.1. The molecule has 2 rings (SSSR count). The van der Waals surface area contributed by atoms with Crippen molar-refractivity contribution in [1.29, 1.82) is 0 Å². The third-order valence-corrected chi connectivity index (χ3v) is 2.53. The molecule has 76 valence electrons. The van der Waals surface area contributed by atoms with Crippen LogP contribution in [0.15, 0.2) is 18.3 Å². The van der Waals surface area contributed by atoms with E-state index in [2.05, 4.69) is 11.7 Å². The zero-order valence-electron chi connectivity index (χ0n) is 8.53. The summed E-state index contributed by atoms with van der Waals surface area (Å²) in [6, 6.07) is 0. The summed E-state index contributed by atoms with van der Waals surface area (Å²) in [5.74, 6) is 0. The molecule has 0 fully saturated rings. The normalized spacial score (nSPS) is 20.6. The Morgan fingerprint density at radius 2 is 2.57 bits per heavy atom. The lowest BCUT2D eigenvalue weighted by atomic mass is 9.96. The van der Waals surface area contributed by atoms with E-state index in [1.165, 1.54) is 5.56 Å². The summed E-state index contributed by atoms with van der Waals surface area (Å²) in [7, 11) is 0. The van der Waals surface area contributed by atoms with Crippen LogP contribution in [0.4, 0.5) is 0 Å². The molecule has 3 heteroatoms. The first kappa shape index (κ1) is 9.46. The van der Waals surface area contributed by atoms with Gasteiger partial charge < -0.3 is 5.11 Å². The molecule has 1 atom stereocenters. The lowest BCUT2D eigenvalue weighted by Gasteiger charge is -2.14. The molecule has 0 saturated carbocycles. The smallest absolute Gasteiger partial charge is 0.0658 e. The van der Waals surface area contributed by atoms with E-state index in [-0.39, 0.29) is 6.10 Å². The number of aryl methyl sites for hydroxylation is 1. The Hall–Kier alpha value is -1.09. The number of nitrogens with zero attached hydrogens (tertiary/aromatic N) is 2. The summed E-state index contributed by atoms with van der Waals surface area (Å²) in [4.78, 5) is 0. The molecule has 1 aliphatic rings. The van der Waals surface area contributed by atoms with E-state index >= 15 is 0 Å². The molecular formula is C11H16N2O. The van der Waals surface area contributed by atoms with Gasteiger partial charge in [-0.25, -0.2) is 0 Å². The van der Waals surface area contributed by atoms with E-state index < -0.39 is 0 Å². The van der Waals surface area contributed by atoms with E-state index in [0.717, 1.165) is 37.1 Å². The fraction of sp³-hybridized carbons (Fsp3) is 0.545. The minimum atomic E-state index is -0.176. The summed E-state index contributed by atoms with van der Waals surface area (Å²) >= 11 is 0. The second kappa shape index (κ2) is 3.58. The van der Waals surface area contributed by atoms with Gasteiger partial charge in [0.05, 0.1) is 18.3 Å².